The summed E-state index contributed by atoms with van der Waals surface area (Å²) < 4.78 is 0. The van der Waals surface area contributed by atoms with E-state index in [0.29, 0.717) is 16.8 Å². The van der Waals surface area contributed by atoms with E-state index in [1.165, 1.54) is 0 Å². The summed E-state index contributed by atoms with van der Waals surface area (Å²) in [6.07, 6.45) is 4.08. The van der Waals surface area contributed by atoms with Crippen LogP contribution in [0.25, 0.3) is 0 Å². The fourth-order valence-corrected chi connectivity index (χ4v) is 3.12. The Morgan fingerprint density at radius 1 is 0.710 bits per heavy atom. The van der Waals surface area contributed by atoms with Crippen LogP contribution in [0.15, 0.2) is 90.0 Å². The molecule has 31 heavy (non-hydrogen) atoms. The van der Waals surface area contributed by atoms with E-state index in [2.05, 4.69) is 22.8 Å². The summed E-state index contributed by atoms with van der Waals surface area (Å²) in [4.78, 5) is 24.8. The molecule has 0 aliphatic rings. The Kier molecular flexibility index (Phi) is 8.12. The molecule has 0 heterocycles. The number of hydrazone groups is 1. The molecule has 2 N–H and O–H groups in total. The summed E-state index contributed by atoms with van der Waals surface area (Å²) in [5, 5.41) is 7.23. The van der Waals surface area contributed by atoms with Gasteiger partial charge in [-0.25, -0.2) is 5.43 Å². The zero-order chi connectivity index (χ0) is 21.9. The van der Waals surface area contributed by atoms with Crippen molar-refractivity contribution in [3.8, 4) is 0 Å². The van der Waals surface area contributed by atoms with Crippen LogP contribution in [-0.2, 0) is 0 Å². The van der Waals surface area contributed by atoms with Crippen LogP contribution in [-0.4, -0.2) is 17.5 Å². The number of nitrogens with one attached hydrogen (secondary N) is 2. The highest BCUT2D eigenvalue weighted by Crippen LogP contribution is 2.13. The van der Waals surface area contributed by atoms with E-state index in [4.69, 9.17) is 0 Å². The summed E-state index contributed by atoms with van der Waals surface area (Å²) in [6.45, 7) is 2.16. The fourth-order valence-electron chi connectivity index (χ4n) is 3.12. The molecule has 0 fully saturated rings. The second-order valence-corrected chi connectivity index (χ2v) is 7.22. The Morgan fingerprint density at radius 3 is 1.90 bits per heavy atom. The molecule has 0 atom stereocenters. The SMILES string of the molecule is CCCCC/C(=N/NC(=O)c1ccc(NC(=O)c2ccccc2)cc1)c1ccccc1. The van der Waals surface area contributed by atoms with E-state index in [1.54, 1.807) is 36.4 Å². The summed E-state index contributed by atoms with van der Waals surface area (Å²) in [5.74, 6) is -0.480. The zero-order valence-electron chi connectivity index (χ0n) is 17.7. The van der Waals surface area contributed by atoms with E-state index < -0.39 is 0 Å². The van der Waals surface area contributed by atoms with Crippen LogP contribution in [0.2, 0.25) is 0 Å². The van der Waals surface area contributed by atoms with Crippen LogP contribution >= 0.6 is 0 Å². The summed E-state index contributed by atoms with van der Waals surface area (Å²) in [5.41, 5.74) is 6.23. The van der Waals surface area contributed by atoms with E-state index in [-0.39, 0.29) is 11.8 Å². The van der Waals surface area contributed by atoms with Crippen LogP contribution in [0.3, 0.4) is 0 Å². The van der Waals surface area contributed by atoms with Crippen molar-refractivity contribution in [2.24, 2.45) is 5.10 Å². The van der Waals surface area contributed by atoms with Gasteiger partial charge in [0.25, 0.3) is 11.8 Å². The number of hydrogen-bond acceptors (Lipinski definition) is 3. The molecular weight excluding hydrogens is 386 g/mol. The first-order valence-electron chi connectivity index (χ1n) is 10.6. The van der Waals surface area contributed by atoms with Crippen molar-refractivity contribution in [1.82, 2.24) is 5.43 Å². The van der Waals surface area contributed by atoms with Crippen molar-refractivity contribution >= 4 is 23.2 Å². The van der Waals surface area contributed by atoms with Gasteiger partial charge in [-0.2, -0.15) is 5.10 Å². The monoisotopic (exact) mass is 413 g/mol. The summed E-state index contributed by atoms with van der Waals surface area (Å²) in [7, 11) is 0. The summed E-state index contributed by atoms with van der Waals surface area (Å²) in [6, 6.07) is 25.6. The molecule has 3 aromatic rings. The molecule has 0 unspecified atom stereocenters. The first kappa shape index (κ1) is 22.0. The minimum atomic E-state index is -0.287. The number of carbonyl (C=O) groups is 2. The molecule has 0 radical (unpaired) electrons. The Morgan fingerprint density at radius 2 is 1.29 bits per heavy atom. The van der Waals surface area contributed by atoms with Crippen molar-refractivity contribution < 1.29 is 9.59 Å². The fraction of sp³-hybridized carbons (Fsp3) is 0.192. The average Bonchev–Trinajstić information content (AvgIpc) is 2.82. The van der Waals surface area contributed by atoms with Gasteiger partial charge >= 0.3 is 0 Å². The van der Waals surface area contributed by atoms with Crippen molar-refractivity contribution in [3.05, 3.63) is 102 Å². The number of amides is 2. The van der Waals surface area contributed by atoms with Crippen LogP contribution in [0, 0.1) is 0 Å². The van der Waals surface area contributed by atoms with Gasteiger partial charge in [-0.3, -0.25) is 9.59 Å². The normalized spacial score (nSPS) is 11.1. The highest BCUT2D eigenvalue weighted by molar-refractivity contribution is 6.05. The second-order valence-electron chi connectivity index (χ2n) is 7.22. The molecule has 0 saturated carbocycles. The van der Waals surface area contributed by atoms with Crippen LogP contribution in [0.4, 0.5) is 5.69 Å². The van der Waals surface area contributed by atoms with Crippen molar-refractivity contribution in [2.75, 3.05) is 5.32 Å². The molecular formula is C26H27N3O2. The van der Waals surface area contributed by atoms with Gasteiger partial charge in [0.05, 0.1) is 5.71 Å². The molecule has 0 aliphatic heterocycles. The lowest BCUT2D eigenvalue weighted by atomic mass is 10.0. The third-order valence-corrected chi connectivity index (χ3v) is 4.86. The van der Waals surface area contributed by atoms with Crippen molar-refractivity contribution in [3.63, 3.8) is 0 Å². The molecule has 3 rings (SSSR count). The van der Waals surface area contributed by atoms with Crippen LogP contribution in [0.1, 0.15) is 58.9 Å². The van der Waals surface area contributed by atoms with Crippen molar-refractivity contribution in [2.45, 2.75) is 32.6 Å². The molecule has 3 aromatic carbocycles. The number of anilines is 1. The quantitative estimate of drug-likeness (QED) is 0.270. The lowest BCUT2D eigenvalue weighted by Crippen LogP contribution is -2.20. The van der Waals surface area contributed by atoms with Gasteiger partial charge in [-0.1, -0.05) is 68.3 Å². The largest absolute Gasteiger partial charge is 0.322 e. The number of carbonyl (C=O) groups excluding carboxylic acids is 2. The molecule has 0 saturated heterocycles. The molecule has 0 bridgehead atoms. The number of unbranched alkanes of at least 4 members (excludes halogenated alkanes) is 2. The predicted octanol–water partition coefficient (Wildman–Crippen LogP) is 5.65. The molecule has 0 spiro atoms. The zero-order valence-corrected chi connectivity index (χ0v) is 17.7. The molecule has 2 amide bonds. The third kappa shape index (κ3) is 6.64. The number of benzene rings is 3. The third-order valence-electron chi connectivity index (χ3n) is 4.86. The first-order chi connectivity index (χ1) is 15.2. The Bertz CT molecular complexity index is 1010. The van der Waals surface area contributed by atoms with E-state index in [9.17, 15) is 9.59 Å². The smallest absolute Gasteiger partial charge is 0.271 e. The molecule has 0 aromatic heterocycles. The van der Waals surface area contributed by atoms with E-state index in [0.717, 1.165) is 37.0 Å². The van der Waals surface area contributed by atoms with E-state index in [1.807, 2.05) is 48.5 Å². The molecule has 158 valence electrons. The number of nitrogens with zero attached hydrogens (tertiary/aromatic N) is 1. The number of rotatable bonds is 9. The standard InChI is InChI=1S/C26H27N3O2/c1-2-3-6-15-24(20-11-7-4-8-12-20)28-29-26(31)22-16-18-23(19-17-22)27-25(30)21-13-9-5-10-14-21/h4-5,7-14,16-19H,2-3,6,15H2,1H3,(H,27,30)(H,29,31)/b28-24-. The van der Waals surface area contributed by atoms with Gasteiger partial charge in [0, 0.05) is 16.8 Å². The minimum absolute atomic E-state index is 0.193. The Labute approximate surface area is 183 Å². The topological polar surface area (TPSA) is 70.6 Å². The van der Waals surface area contributed by atoms with Gasteiger partial charge in [0.2, 0.25) is 0 Å². The highest BCUT2D eigenvalue weighted by Gasteiger charge is 2.09. The first-order valence-corrected chi connectivity index (χ1v) is 10.6. The van der Waals surface area contributed by atoms with Crippen LogP contribution in [0.5, 0.6) is 0 Å². The van der Waals surface area contributed by atoms with Gasteiger partial charge in [-0.05, 0) is 54.8 Å². The molecule has 5 nitrogen and oxygen atoms in total. The van der Waals surface area contributed by atoms with Gasteiger partial charge < -0.3 is 5.32 Å². The van der Waals surface area contributed by atoms with Crippen molar-refractivity contribution in [1.29, 1.82) is 0 Å². The predicted molar refractivity (Wildman–Crippen MR) is 125 cm³/mol. The minimum Gasteiger partial charge on any atom is -0.322 e. The van der Waals surface area contributed by atoms with Gasteiger partial charge in [0.15, 0.2) is 0 Å². The Hall–Kier alpha value is -3.73. The van der Waals surface area contributed by atoms with Gasteiger partial charge in [-0.15, -0.1) is 0 Å². The van der Waals surface area contributed by atoms with Crippen LogP contribution < -0.4 is 10.7 Å². The summed E-state index contributed by atoms with van der Waals surface area (Å²) >= 11 is 0. The number of hydrogen-bond donors (Lipinski definition) is 2. The second kappa shape index (κ2) is 11.5. The average molecular weight is 414 g/mol. The molecule has 5 heteroatoms. The maximum atomic E-state index is 12.6. The molecule has 0 aliphatic carbocycles. The van der Waals surface area contributed by atoms with Gasteiger partial charge in [0.1, 0.15) is 0 Å². The van der Waals surface area contributed by atoms with E-state index >= 15 is 0 Å². The Balaban J connectivity index is 1.64. The lowest BCUT2D eigenvalue weighted by Gasteiger charge is -2.08. The maximum absolute atomic E-state index is 12.6. The highest BCUT2D eigenvalue weighted by atomic mass is 16.2. The maximum Gasteiger partial charge on any atom is 0.271 e. The lowest BCUT2D eigenvalue weighted by molar-refractivity contribution is 0.0954.